The van der Waals surface area contributed by atoms with Crippen LogP contribution >= 0.6 is 11.8 Å². The van der Waals surface area contributed by atoms with Gasteiger partial charge >= 0.3 is 0 Å². The molecule has 0 saturated heterocycles. The van der Waals surface area contributed by atoms with Crippen molar-refractivity contribution < 1.29 is 4.42 Å². The van der Waals surface area contributed by atoms with Crippen molar-refractivity contribution in [3.8, 4) is 11.3 Å². The highest BCUT2D eigenvalue weighted by molar-refractivity contribution is 7.98. The second kappa shape index (κ2) is 5.84. The van der Waals surface area contributed by atoms with E-state index in [0.29, 0.717) is 5.75 Å². The van der Waals surface area contributed by atoms with Gasteiger partial charge in [-0.3, -0.25) is 0 Å². The van der Waals surface area contributed by atoms with E-state index >= 15 is 0 Å². The van der Waals surface area contributed by atoms with Crippen molar-refractivity contribution >= 4 is 17.4 Å². The zero-order valence-corrected chi connectivity index (χ0v) is 11.6. The van der Waals surface area contributed by atoms with Crippen molar-refractivity contribution in [3.63, 3.8) is 0 Å². The van der Waals surface area contributed by atoms with E-state index in [9.17, 15) is 0 Å². The van der Waals surface area contributed by atoms with Crippen molar-refractivity contribution in [1.29, 1.82) is 0 Å². The standard InChI is InChI=1S/C16H14N2OS/c17-13-6-8-14(9-7-13)20-11-16-18-10-15(19-16)12-4-2-1-3-5-12/h1-10H,11,17H2. The Balaban J connectivity index is 1.67. The van der Waals surface area contributed by atoms with Crippen LogP contribution in [0.15, 0.2) is 70.1 Å². The Kier molecular flexibility index (Phi) is 3.74. The number of nitrogen functional groups attached to an aromatic ring is 1. The Morgan fingerprint density at radius 3 is 2.50 bits per heavy atom. The summed E-state index contributed by atoms with van der Waals surface area (Å²) in [5.41, 5.74) is 7.48. The van der Waals surface area contributed by atoms with E-state index < -0.39 is 0 Å². The van der Waals surface area contributed by atoms with E-state index in [1.54, 1.807) is 18.0 Å². The fraction of sp³-hybridized carbons (Fsp3) is 0.0625. The highest BCUT2D eigenvalue weighted by Gasteiger charge is 2.06. The van der Waals surface area contributed by atoms with Crippen LogP contribution in [0.5, 0.6) is 0 Å². The molecule has 0 bridgehead atoms. The third-order valence-electron chi connectivity index (χ3n) is 2.85. The van der Waals surface area contributed by atoms with E-state index in [-0.39, 0.29) is 0 Å². The van der Waals surface area contributed by atoms with Gasteiger partial charge in [0.15, 0.2) is 5.76 Å². The normalized spacial score (nSPS) is 10.6. The third kappa shape index (κ3) is 3.03. The molecule has 0 aliphatic rings. The molecule has 2 aromatic carbocycles. The number of hydrogen-bond donors (Lipinski definition) is 1. The number of rotatable bonds is 4. The Morgan fingerprint density at radius 1 is 1.00 bits per heavy atom. The molecule has 0 saturated carbocycles. The number of thioether (sulfide) groups is 1. The first-order valence-electron chi connectivity index (χ1n) is 6.30. The molecule has 1 heterocycles. The maximum atomic E-state index is 5.76. The van der Waals surface area contributed by atoms with Gasteiger partial charge in [-0.15, -0.1) is 11.8 Å². The second-order valence-electron chi connectivity index (χ2n) is 4.34. The lowest BCUT2D eigenvalue weighted by Crippen LogP contribution is -1.83. The molecule has 0 aliphatic heterocycles. The van der Waals surface area contributed by atoms with Crippen LogP contribution in [-0.2, 0) is 5.75 Å². The number of nitrogens with zero attached hydrogens (tertiary/aromatic N) is 1. The predicted molar refractivity (Wildman–Crippen MR) is 82.4 cm³/mol. The average molecular weight is 282 g/mol. The molecule has 3 nitrogen and oxygen atoms in total. The molecule has 3 aromatic rings. The van der Waals surface area contributed by atoms with Gasteiger partial charge in [-0.25, -0.2) is 4.98 Å². The summed E-state index contributed by atoms with van der Waals surface area (Å²) in [5, 5.41) is 0. The number of benzene rings is 2. The van der Waals surface area contributed by atoms with Gasteiger partial charge in [0.25, 0.3) is 0 Å². The molecule has 3 rings (SSSR count). The zero-order chi connectivity index (χ0) is 13.8. The number of aromatic nitrogens is 1. The van der Waals surface area contributed by atoms with Crippen molar-refractivity contribution in [2.24, 2.45) is 0 Å². The topological polar surface area (TPSA) is 52.0 Å². The molecular weight excluding hydrogens is 268 g/mol. The number of hydrogen-bond acceptors (Lipinski definition) is 4. The predicted octanol–water partition coefficient (Wildman–Crippen LogP) is 4.22. The van der Waals surface area contributed by atoms with Crippen molar-refractivity contribution in [2.45, 2.75) is 10.6 Å². The smallest absolute Gasteiger partial charge is 0.205 e. The summed E-state index contributed by atoms with van der Waals surface area (Å²) in [7, 11) is 0. The highest BCUT2D eigenvalue weighted by Crippen LogP contribution is 2.26. The minimum absolute atomic E-state index is 0.705. The number of oxazole rings is 1. The van der Waals surface area contributed by atoms with Crippen LogP contribution in [0.1, 0.15) is 5.89 Å². The van der Waals surface area contributed by atoms with Crippen LogP contribution in [0.2, 0.25) is 0 Å². The van der Waals surface area contributed by atoms with Gasteiger partial charge in [0, 0.05) is 16.1 Å². The molecule has 0 aliphatic carbocycles. The molecule has 0 amide bonds. The van der Waals surface area contributed by atoms with E-state index in [4.69, 9.17) is 10.2 Å². The van der Waals surface area contributed by atoms with Gasteiger partial charge in [0.2, 0.25) is 5.89 Å². The first kappa shape index (κ1) is 12.8. The van der Waals surface area contributed by atoms with Crippen LogP contribution in [0.25, 0.3) is 11.3 Å². The second-order valence-corrected chi connectivity index (χ2v) is 5.39. The fourth-order valence-electron chi connectivity index (χ4n) is 1.82. The molecule has 20 heavy (non-hydrogen) atoms. The zero-order valence-electron chi connectivity index (χ0n) is 10.8. The summed E-state index contributed by atoms with van der Waals surface area (Å²) in [6.07, 6.45) is 1.77. The molecule has 2 N–H and O–H groups in total. The van der Waals surface area contributed by atoms with Crippen molar-refractivity contribution in [3.05, 3.63) is 66.7 Å². The van der Waals surface area contributed by atoms with E-state index in [2.05, 4.69) is 4.98 Å². The van der Waals surface area contributed by atoms with Crippen LogP contribution in [-0.4, -0.2) is 4.98 Å². The van der Waals surface area contributed by atoms with Gasteiger partial charge in [0.1, 0.15) is 0 Å². The SMILES string of the molecule is Nc1ccc(SCc2ncc(-c3ccccc3)o2)cc1. The summed E-state index contributed by atoms with van der Waals surface area (Å²) in [5.74, 6) is 2.24. The summed E-state index contributed by atoms with van der Waals surface area (Å²) < 4.78 is 5.76. The van der Waals surface area contributed by atoms with Crippen LogP contribution in [0.3, 0.4) is 0 Å². The summed E-state index contributed by atoms with van der Waals surface area (Å²) in [6.45, 7) is 0. The maximum Gasteiger partial charge on any atom is 0.205 e. The minimum Gasteiger partial charge on any atom is -0.440 e. The highest BCUT2D eigenvalue weighted by atomic mass is 32.2. The number of anilines is 1. The summed E-state index contributed by atoms with van der Waals surface area (Å²) >= 11 is 1.68. The lowest BCUT2D eigenvalue weighted by atomic mass is 10.2. The molecule has 100 valence electrons. The van der Waals surface area contributed by atoms with Crippen LogP contribution in [0, 0.1) is 0 Å². The first-order chi connectivity index (χ1) is 9.81. The molecule has 4 heteroatoms. The van der Waals surface area contributed by atoms with Gasteiger partial charge < -0.3 is 10.2 Å². The largest absolute Gasteiger partial charge is 0.440 e. The fourth-order valence-corrected chi connectivity index (χ4v) is 2.57. The first-order valence-corrected chi connectivity index (χ1v) is 7.28. The van der Waals surface area contributed by atoms with Gasteiger partial charge in [-0.1, -0.05) is 30.3 Å². The van der Waals surface area contributed by atoms with Crippen LogP contribution in [0.4, 0.5) is 5.69 Å². The molecule has 1 aromatic heterocycles. The Hall–Kier alpha value is -2.20. The van der Waals surface area contributed by atoms with Gasteiger partial charge in [-0.05, 0) is 24.3 Å². The molecular formula is C16H14N2OS. The summed E-state index contributed by atoms with van der Waals surface area (Å²) in [4.78, 5) is 5.46. The van der Waals surface area contributed by atoms with Crippen LogP contribution < -0.4 is 5.73 Å². The Morgan fingerprint density at radius 2 is 1.75 bits per heavy atom. The molecule has 0 atom stereocenters. The van der Waals surface area contributed by atoms with Crippen molar-refractivity contribution in [2.75, 3.05) is 5.73 Å². The molecule has 0 spiro atoms. The third-order valence-corrected chi connectivity index (χ3v) is 3.85. The summed E-state index contributed by atoms with van der Waals surface area (Å²) in [6, 6.07) is 17.8. The average Bonchev–Trinajstić information content (AvgIpc) is 2.97. The number of nitrogens with two attached hydrogens (primary N) is 1. The monoisotopic (exact) mass is 282 g/mol. The lowest BCUT2D eigenvalue weighted by molar-refractivity contribution is 0.530. The quantitative estimate of drug-likeness (QED) is 0.575. The molecule has 0 unspecified atom stereocenters. The minimum atomic E-state index is 0.705. The van der Waals surface area contributed by atoms with E-state index in [1.165, 1.54) is 0 Å². The van der Waals surface area contributed by atoms with E-state index in [0.717, 1.165) is 27.8 Å². The van der Waals surface area contributed by atoms with Gasteiger partial charge in [-0.2, -0.15) is 0 Å². The molecule has 0 fully saturated rings. The van der Waals surface area contributed by atoms with Crippen molar-refractivity contribution in [1.82, 2.24) is 4.98 Å². The Labute approximate surface area is 121 Å². The Bertz CT molecular complexity index is 677. The van der Waals surface area contributed by atoms with E-state index in [1.807, 2.05) is 54.6 Å². The van der Waals surface area contributed by atoms with Gasteiger partial charge in [0.05, 0.1) is 11.9 Å². The maximum absolute atomic E-state index is 5.76. The lowest BCUT2D eigenvalue weighted by Gasteiger charge is -1.99. The molecule has 0 radical (unpaired) electrons.